The molecule has 3 N–H and O–H groups in total. The molecule has 1 aromatic carbocycles. The van der Waals surface area contributed by atoms with E-state index in [2.05, 4.69) is 20.9 Å². The Morgan fingerprint density at radius 2 is 1.74 bits per heavy atom. The number of hydrogen-bond acceptors (Lipinski definition) is 6. The maximum atomic E-state index is 14.8. The highest BCUT2D eigenvalue weighted by molar-refractivity contribution is 5.93. The summed E-state index contributed by atoms with van der Waals surface area (Å²) >= 11 is 0. The van der Waals surface area contributed by atoms with Crippen LogP contribution in [0.25, 0.3) is 0 Å². The number of carbonyl (C=O) groups excluding carboxylic acids is 3. The molecule has 9 nitrogen and oxygen atoms in total. The molecule has 13 heteroatoms. The first kappa shape index (κ1) is 34.3. The largest absolute Gasteiger partial charge is 0.493 e. The summed E-state index contributed by atoms with van der Waals surface area (Å²) in [6.07, 6.45) is 7.07. The molecule has 3 amide bonds. The quantitative estimate of drug-likeness (QED) is 0.427. The van der Waals surface area contributed by atoms with Crippen LogP contribution in [0.5, 0.6) is 5.75 Å². The lowest BCUT2D eigenvalue weighted by Gasteiger charge is -2.45. The first-order valence-electron chi connectivity index (χ1n) is 14.7. The van der Waals surface area contributed by atoms with Crippen LogP contribution in [0.3, 0.4) is 0 Å². The van der Waals surface area contributed by atoms with Crippen LogP contribution < -0.4 is 20.7 Å². The van der Waals surface area contributed by atoms with Crippen molar-refractivity contribution in [2.75, 3.05) is 33.3 Å². The van der Waals surface area contributed by atoms with Crippen LogP contribution in [0.4, 0.5) is 8.78 Å². The Balaban J connectivity index is 0.00000242. The molecule has 236 valence electrons. The molecule has 2 saturated heterocycles. The number of halogens is 4. The van der Waals surface area contributed by atoms with Crippen LogP contribution in [0.15, 0.2) is 12.1 Å². The summed E-state index contributed by atoms with van der Waals surface area (Å²) in [7, 11) is 1.70. The van der Waals surface area contributed by atoms with Gasteiger partial charge in [-0.1, -0.05) is 19.3 Å². The number of likely N-dealkylation sites (N-methyl/N-ethyl adjacent to an activating group) is 1. The van der Waals surface area contributed by atoms with Crippen LogP contribution in [0, 0.1) is 17.6 Å². The van der Waals surface area contributed by atoms with Crippen LogP contribution in [-0.2, 0) is 14.4 Å². The van der Waals surface area contributed by atoms with Gasteiger partial charge in [0.05, 0.1) is 24.3 Å². The minimum Gasteiger partial charge on any atom is -0.493 e. The van der Waals surface area contributed by atoms with E-state index in [9.17, 15) is 23.2 Å². The van der Waals surface area contributed by atoms with Crippen LogP contribution >= 0.6 is 24.8 Å². The van der Waals surface area contributed by atoms with E-state index in [1.54, 1.807) is 18.9 Å². The molecule has 3 heterocycles. The lowest BCUT2D eigenvalue weighted by Crippen LogP contribution is -2.66. The molecule has 0 aromatic heterocycles. The van der Waals surface area contributed by atoms with Gasteiger partial charge in [-0.25, -0.2) is 8.78 Å². The second-order valence-corrected chi connectivity index (χ2v) is 11.7. The van der Waals surface area contributed by atoms with Gasteiger partial charge in [0.2, 0.25) is 17.7 Å². The van der Waals surface area contributed by atoms with Gasteiger partial charge in [0.1, 0.15) is 29.5 Å². The molecule has 3 aliphatic heterocycles. The van der Waals surface area contributed by atoms with Crippen LogP contribution in [-0.4, -0.2) is 85.0 Å². The minimum absolute atomic E-state index is 0. The summed E-state index contributed by atoms with van der Waals surface area (Å²) in [6.45, 7) is 3.60. The van der Waals surface area contributed by atoms with E-state index in [-0.39, 0.29) is 72.4 Å². The highest BCUT2D eigenvalue weighted by Crippen LogP contribution is 2.36. The van der Waals surface area contributed by atoms with Gasteiger partial charge in [-0.05, 0) is 52.1 Å². The van der Waals surface area contributed by atoms with E-state index >= 15 is 0 Å². The van der Waals surface area contributed by atoms with Crippen molar-refractivity contribution < 1.29 is 27.9 Å². The average Bonchev–Trinajstić information content (AvgIpc) is 3.42. The van der Waals surface area contributed by atoms with Gasteiger partial charge < -0.3 is 25.6 Å². The summed E-state index contributed by atoms with van der Waals surface area (Å²) in [6, 6.07) is -0.574. The van der Waals surface area contributed by atoms with E-state index in [1.165, 1.54) is 0 Å². The molecule has 1 saturated carbocycles. The van der Waals surface area contributed by atoms with Crippen molar-refractivity contribution in [2.24, 2.45) is 5.92 Å². The Morgan fingerprint density at radius 3 is 2.45 bits per heavy atom. The molecule has 3 fully saturated rings. The lowest BCUT2D eigenvalue weighted by molar-refractivity contribution is -0.149. The zero-order valence-corrected chi connectivity index (χ0v) is 25.8. The van der Waals surface area contributed by atoms with Gasteiger partial charge in [0.25, 0.3) is 0 Å². The molecular weight excluding hydrogens is 591 g/mol. The first-order valence-corrected chi connectivity index (χ1v) is 14.7. The Morgan fingerprint density at radius 1 is 1.00 bits per heavy atom. The van der Waals surface area contributed by atoms with Crippen LogP contribution in [0.1, 0.15) is 69.9 Å². The van der Waals surface area contributed by atoms with Crippen molar-refractivity contribution in [1.29, 1.82) is 0 Å². The number of nitrogens with zero attached hydrogens (tertiary/aromatic N) is 2. The van der Waals surface area contributed by atoms with Gasteiger partial charge in [-0.2, -0.15) is 0 Å². The normalized spacial score (nSPS) is 25.4. The predicted molar refractivity (Wildman–Crippen MR) is 159 cm³/mol. The SMILES string of the molecule is CN[C@@H](C)C(=O)N[C@H](C(=O)N1C[C@H]2CCCN2C[C@H]1C(=O)N[C@@H]1CCOc2cc(F)cc(F)c21)C1CCCCC1.Cl.Cl. The second-order valence-electron chi connectivity index (χ2n) is 11.7. The van der Waals surface area contributed by atoms with E-state index < -0.39 is 35.8 Å². The van der Waals surface area contributed by atoms with E-state index in [0.717, 1.165) is 63.6 Å². The standard InChI is InChI=1S/C29H41F2N5O4.2ClH/c1-17(32-2)27(37)34-26(18-7-4-3-5-8-18)29(39)36-15-20-9-6-11-35(20)16-23(36)28(38)33-22-10-12-40-24-14-19(30)13-21(31)25(22)24;;/h13-14,17-18,20,22-23,26,32H,3-12,15-16H2,1-2H3,(H,33,38)(H,34,37);2*1H/t17-,20+,22+,23-,26-;;/m0../s1. The highest BCUT2D eigenvalue weighted by Gasteiger charge is 2.46. The molecule has 4 aliphatic rings. The molecule has 5 atom stereocenters. The third kappa shape index (κ3) is 7.29. The van der Waals surface area contributed by atoms with Gasteiger partial charge in [0.15, 0.2) is 0 Å². The third-order valence-electron chi connectivity index (χ3n) is 9.17. The molecule has 5 rings (SSSR count). The molecule has 1 aromatic rings. The zero-order valence-electron chi connectivity index (χ0n) is 24.2. The number of piperazine rings is 1. The summed E-state index contributed by atoms with van der Waals surface area (Å²) in [5.41, 5.74) is 0.127. The fourth-order valence-electron chi connectivity index (χ4n) is 6.78. The van der Waals surface area contributed by atoms with Crippen molar-refractivity contribution in [1.82, 2.24) is 25.8 Å². The predicted octanol–water partition coefficient (Wildman–Crippen LogP) is 3.10. The maximum absolute atomic E-state index is 14.8. The molecular formula is C29H43Cl2F2N5O4. The number of nitrogens with one attached hydrogen (secondary N) is 3. The Labute approximate surface area is 258 Å². The summed E-state index contributed by atoms with van der Waals surface area (Å²) in [5, 5.41) is 8.92. The first-order chi connectivity index (χ1) is 19.3. The number of hydrogen-bond donors (Lipinski definition) is 3. The van der Waals surface area contributed by atoms with Crippen molar-refractivity contribution in [3.63, 3.8) is 0 Å². The van der Waals surface area contributed by atoms with Crippen molar-refractivity contribution in [3.05, 3.63) is 29.3 Å². The summed E-state index contributed by atoms with van der Waals surface area (Å²) in [4.78, 5) is 45.0. The second kappa shape index (κ2) is 15.0. The maximum Gasteiger partial charge on any atom is 0.246 e. The molecule has 0 unspecified atom stereocenters. The Hall–Kier alpha value is -2.21. The topological polar surface area (TPSA) is 103 Å². The van der Waals surface area contributed by atoms with Crippen molar-refractivity contribution in [2.45, 2.75) is 88.5 Å². The van der Waals surface area contributed by atoms with Crippen molar-refractivity contribution in [3.8, 4) is 5.75 Å². The highest BCUT2D eigenvalue weighted by atomic mass is 35.5. The number of amides is 3. The smallest absolute Gasteiger partial charge is 0.246 e. The number of rotatable bonds is 7. The fourth-order valence-corrected chi connectivity index (χ4v) is 6.78. The summed E-state index contributed by atoms with van der Waals surface area (Å²) < 4.78 is 34.1. The fraction of sp³-hybridized carbons (Fsp3) is 0.690. The molecule has 0 radical (unpaired) electrons. The monoisotopic (exact) mass is 633 g/mol. The Bertz CT molecular complexity index is 1130. The van der Waals surface area contributed by atoms with Gasteiger partial charge in [0, 0.05) is 37.7 Å². The summed E-state index contributed by atoms with van der Waals surface area (Å²) in [5.74, 6) is -2.26. The Kier molecular flexibility index (Phi) is 12.2. The number of benzene rings is 1. The molecule has 0 bridgehead atoms. The van der Waals surface area contributed by atoms with Gasteiger partial charge >= 0.3 is 0 Å². The number of ether oxygens (including phenoxy) is 1. The molecule has 0 spiro atoms. The molecule has 1 aliphatic carbocycles. The molecule has 42 heavy (non-hydrogen) atoms. The number of fused-ring (bicyclic) bond motifs is 2. The van der Waals surface area contributed by atoms with Gasteiger partial charge in [-0.3, -0.25) is 19.3 Å². The van der Waals surface area contributed by atoms with Gasteiger partial charge in [-0.15, -0.1) is 24.8 Å². The van der Waals surface area contributed by atoms with Crippen LogP contribution in [0.2, 0.25) is 0 Å². The van der Waals surface area contributed by atoms with E-state index in [4.69, 9.17) is 4.74 Å². The average molecular weight is 635 g/mol. The van der Waals surface area contributed by atoms with Crippen molar-refractivity contribution >= 4 is 42.5 Å². The third-order valence-corrected chi connectivity index (χ3v) is 9.17. The minimum atomic E-state index is -0.790. The lowest BCUT2D eigenvalue weighted by atomic mass is 9.82. The van der Waals surface area contributed by atoms with E-state index in [1.807, 2.05) is 0 Å². The van der Waals surface area contributed by atoms with E-state index in [0.29, 0.717) is 19.5 Å². The zero-order chi connectivity index (χ0) is 28.4. The number of carbonyl (C=O) groups is 3.